The molecule has 128 valence electrons. The van der Waals surface area contributed by atoms with Crippen molar-refractivity contribution >= 4 is 17.9 Å². The molecular weight excluding hydrogens is 332 g/mol. The number of nitrogens with zero attached hydrogens (tertiary/aromatic N) is 3. The van der Waals surface area contributed by atoms with E-state index < -0.39 is 4.92 Å². The highest BCUT2D eigenvalue weighted by atomic mass is 32.1. The zero-order valence-electron chi connectivity index (χ0n) is 13.2. The monoisotopic (exact) mass is 350 g/mol. The average molecular weight is 350 g/mol. The van der Waals surface area contributed by atoms with Gasteiger partial charge < -0.3 is 9.47 Å². The topological polar surface area (TPSA) is 95.2 Å². The second kappa shape index (κ2) is 7.10. The normalized spacial score (nSPS) is 17.1. The fraction of sp³-hybridized carbons (Fsp3) is 0.467. The Balaban J connectivity index is 1.69. The molecule has 1 aromatic carbocycles. The molecule has 3 rings (SSSR count). The van der Waals surface area contributed by atoms with Gasteiger partial charge in [-0.05, 0) is 44.1 Å². The Morgan fingerprint density at radius 2 is 2.42 bits per heavy atom. The van der Waals surface area contributed by atoms with Gasteiger partial charge in [-0.3, -0.25) is 19.8 Å². The van der Waals surface area contributed by atoms with Crippen LogP contribution >= 0.6 is 12.2 Å². The maximum absolute atomic E-state index is 10.8. The van der Waals surface area contributed by atoms with Crippen LogP contribution in [0.5, 0.6) is 5.75 Å². The van der Waals surface area contributed by atoms with E-state index in [-0.39, 0.29) is 18.4 Å². The molecule has 1 saturated heterocycles. The van der Waals surface area contributed by atoms with Crippen LogP contribution in [0, 0.1) is 21.8 Å². The number of nitrogens with one attached hydrogen (secondary N) is 1. The fourth-order valence-corrected chi connectivity index (χ4v) is 2.94. The van der Waals surface area contributed by atoms with Crippen LogP contribution in [0.3, 0.4) is 0 Å². The number of aromatic amines is 1. The summed E-state index contributed by atoms with van der Waals surface area (Å²) in [5.41, 5.74) is 0.624. The first-order valence-corrected chi connectivity index (χ1v) is 8.09. The van der Waals surface area contributed by atoms with Gasteiger partial charge >= 0.3 is 0 Å². The Bertz CT molecular complexity index is 795. The number of nitro benzene ring substituents is 1. The molecule has 0 aliphatic carbocycles. The van der Waals surface area contributed by atoms with Crippen molar-refractivity contribution in [2.75, 3.05) is 6.61 Å². The number of aromatic nitrogens is 3. The third-order valence-corrected chi connectivity index (χ3v) is 4.29. The SMILES string of the molecule is Cc1cc(OCc2n[nH]c(=S)n2CC2CCCO2)ccc1[N+](=O)[O-]. The minimum absolute atomic E-state index is 0.0726. The predicted octanol–water partition coefficient (Wildman–Crippen LogP) is 2.92. The Morgan fingerprint density at radius 3 is 3.08 bits per heavy atom. The molecule has 1 unspecified atom stereocenters. The second-order valence-corrected chi connectivity index (χ2v) is 6.07. The van der Waals surface area contributed by atoms with E-state index in [4.69, 9.17) is 21.7 Å². The van der Waals surface area contributed by atoms with E-state index in [1.165, 1.54) is 6.07 Å². The molecule has 0 spiro atoms. The lowest BCUT2D eigenvalue weighted by molar-refractivity contribution is -0.385. The summed E-state index contributed by atoms with van der Waals surface area (Å²) in [5.74, 6) is 1.22. The molecule has 1 aliphatic rings. The first-order valence-electron chi connectivity index (χ1n) is 7.68. The van der Waals surface area contributed by atoms with Gasteiger partial charge in [-0.25, -0.2) is 0 Å². The number of ether oxygens (including phenoxy) is 2. The summed E-state index contributed by atoms with van der Waals surface area (Å²) in [4.78, 5) is 10.4. The number of nitro groups is 1. The molecule has 1 aromatic heterocycles. The summed E-state index contributed by atoms with van der Waals surface area (Å²) in [6, 6.07) is 4.66. The zero-order valence-corrected chi connectivity index (χ0v) is 14.0. The summed E-state index contributed by atoms with van der Waals surface area (Å²) in [6.07, 6.45) is 2.22. The van der Waals surface area contributed by atoms with E-state index in [0.717, 1.165) is 19.4 Å². The van der Waals surface area contributed by atoms with Crippen LogP contribution in [0.4, 0.5) is 5.69 Å². The maximum Gasteiger partial charge on any atom is 0.272 e. The van der Waals surface area contributed by atoms with Gasteiger partial charge in [-0.1, -0.05) is 0 Å². The van der Waals surface area contributed by atoms with Gasteiger partial charge in [-0.15, -0.1) is 0 Å². The lowest BCUT2D eigenvalue weighted by Gasteiger charge is -2.13. The lowest BCUT2D eigenvalue weighted by Crippen LogP contribution is -2.18. The molecule has 2 aromatic rings. The fourth-order valence-electron chi connectivity index (χ4n) is 2.71. The number of hydrogen-bond acceptors (Lipinski definition) is 6. The molecule has 1 N–H and O–H groups in total. The van der Waals surface area contributed by atoms with E-state index in [1.54, 1.807) is 19.1 Å². The molecule has 8 nitrogen and oxygen atoms in total. The molecule has 0 amide bonds. The summed E-state index contributed by atoms with van der Waals surface area (Å²) >= 11 is 5.26. The van der Waals surface area contributed by atoms with Crippen LogP contribution in [0.25, 0.3) is 0 Å². The van der Waals surface area contributed by atoms with E-state index in [0.29, 0.717) is 28.5 Å². The first kappa shape index (κ1) is 16.6. The van der Waals surface area contributed by atoms with E-state index in [9.17, 15) is 10.1 Å². The third kappa shape index (κ3) is 3.62. The summed E-state index contributed by atoms with van der Waals surface area (Å²) in [6.45, 7) is 3.33. The van der Waals surface area contributed by atoms with Crippen LogP contribution < -0.4 is 4.74 Å². The van der Waals surface area contributed by atoms with Gasteiger partial charge in [-0.2, -0.15) is 5.10 Å². The van der Waals surface area contributed by atoms with Crippen LogP contribution in [0.1, 0.15) is 24.2 Å². The van der Waals surface area contributed by atoms with Crippen molar-refractivity contribution in [1.82, 2.24) is 14.8 Å². The van der Waals surface area contributed by atoms with Gasteiger partial charge in [0, 0.05) is 18.2 Å². The standard InChI is InChI=1S/C15H18N4O4S/c1-10-7-11(4-5-13(10)19(20)21)23-9-14-16-17-15(24)18(14)8-12-3-2-6-22-12/h4-5,7,12H,2-3,6,8-9H2,1H3,(H,17,24). The molecule has 1 atom stereocenters. The van der Waals surface area contributed by atoms with Crippen LogP contribution in [0.15, 0.2) is 18.2 Å². The Morgan fingerprint density at radius 1 is 1.58 bits per heavy atom. The van der Waals surface area contributed by atoms with Crippen LogP contribution in [-0.2, 0) is 17.9 Å². The Hall–Kier alpha value is -2.26. The Labute approximate surface area is 143 Å². The summed E-state index contributed by atoms with van der Waals surface area (Å²) in [7, 11) is 0. The maximum atomic E-state index is 10.8. The van der Waals surface area contributed by atoms with Crippen molar-refractivity contribution in [3.8, 4) is 5.75 Å². The van der Waals surface area contributed by atoms with Crippen molar-refractivity contribution in [3.05, 3.63) is 44.5 Å². The van der Waals surface area contributed by atoms with Crippen molar-refractivity contribution < 1.29 is 14.4 Å². The summed E-state index contributed by atoms with van der Waals surface area (Å²) in [5, 5.41) is 17.8. The number of rotatable bonds is 6. The average Bonchev–Trinajstić information content (AvgIpc) is 3.17. The molecule has 0 radical (unpaired) electrons. The molecule has 24 heavy (non-hydrogen) atoms. The number of H-pyrrole nitrogens is 1. The van der Waals surface area contributed by atoms with E-state index in [2.05, 4.69) is 10.2 Å². The molecule has 9 heteroatoms. The van der Waals surface area contributed by atoms with Gasteiger partial charge in [0.05, 0.1) is 17.6 Å². The van der Waals surface area contributed by atoms with Crippen molar-refractivity contribution in [2.45, 2.75) is 39.0 Å². The Kier molecular flexibility index (Phi) is 4.91. The van der Waals surface area contributed by atoms with E-state index >= 15 is 0 Å². The number of benzene rings is 1. The van der Waals surface area contributed by atoms with Crippen molar-refractivity contribution in [3.63, 3.8) is 0 Å². The molecule has 1 fully saturated rings. The number of aryl methyl sites for hydroxylation is 1. The minimum atomic E-state index is -0.411. The van der Waals surface area contributed by atoms with Crippen molar-refractivity contribution in [2.24, 2.45) is 0 Å². The molecule has 2 heterocycles. The zero-order chi connectivity index (χ0) is 17.1. The van der Waals surface area contributed by atoms with Gasteiger partial charge in [0.2, 0.25) is 0 Å². The van der Waals surface area contributed by atoms with Crippen molar-refractivity contribution in [1.29, 1.82) is 0 Å². The second-order valence-electron chi connectivity index (χ2n) is 5.68. The van der Waals surface area contributed by atoms with Gasteiger partial charge in [0.15, 0.2) is 10.6 Å². The third-order valence-electron chi connectivity index (χ3n) is 3.98. The van der Waals surface area contributed by atoms with Crippen LogP contribution in [0.2, 0.25) is 0 Å². The predicted molar refractivity (Wildman–Crippen MR) is 88.6 cm³/mol. The highest BCUT2D eigenvalue weighted by Gasteiger charge is 2.19. The quantitative estimate of drug-likeness (QED) is 0.489. The summed E-state index contributed by atoms with van der Waals surface area (Å²) < 4.78 is 13.8. The minimum Gasteiger partial charge on any atom is -0.486 e. The molecule has 0 saturated carbocycles. The molecule has 0 bridgehead atoms. The highest BCUT2D eigenvalue weighted by molar-refractivity contribution is 7.71. The van der Waals surface area contributed by atoms with Gasteiger partial charge in [0.25, 0.3) is 5.69 Å². The smallest absolute Gasteiger partial charge is 0.272 e. The van der Waals surface area contributed by atoms with E-state index in [1.807, 2.05) is 4.57 Å². The molecule has 1 aliphatic heterocycles. The van der Waals surface area contributed by atoms with Crippen LogP contribution in [-0.4, -0.2) is 32.4 Å². The highest BCUT2D eigenvalue weighted by Crippen LogP contribution is 2.23. The number of hydrogen-bond donors (Lipinski definition) is 1. The van der Waals surface area contributed by atoms with Gasteiger partial charge in [0.1, 0.15) is 12.4 Å². The molecular formula is C15H18N4O4S. The largest absolute Gasteiger partial charge is 0.486 e. The lowest BCUT2D eigenvalue weighted by atomic mass is 10.2. The first-order chi connectivity index (χ1) is 11.5.